The first-order valence-electron chi connectivity index (χ1n) is 13.0. The fourth-order valence-corrected chi connectivity index (χ4v) is 6.70. The van der Waals surface area contributed by atoms with Gasteiger partial charge in [0.1, 0.15) is 11.5 Å². The molecular weight excluding hydrogens is 542 g/mol. The monoisotopic (exact) mass is 565 g/mol. The number of fused-ring (bicyclic) bond motifs is 2. The third-order valence-electron chi connectivity index (χ3n) is 8.02. The van der Waals surface area contributed by atoms with E-state index < -0.39 is 22.9 Å². The van der Waals surface area contributed by atoms with Crippen LogP contribution in [0.4, 0.5) is 22.7 Å². The number of aromatic nitrogens is 4. The van der Waals surface area contributed by atoms with E-state index in [1.807, 2.05) is 6.08 Å². The number of hydrogen-bond donors (Lipinski definition) is 0. The van der Waals surface area contributed by atoms with Crippen LogP contribution in [0.1, 0.15) is 58.2 Å². The summed E-state index contributed by atoms with van der Waals surface area (Å²) in [6, 6.07) is 7.69. The summed E-state index contributed by atoms with van der Waals surface area (Å²) in [5.74, 6) is -0.320. The number of carbonyl (C=O) groups is 1. The Morgan fingerprint density at radius 3 is 2.67 bits per heavy atom. The van der Waals surface area contributed by atoms with Gasteiger partial charge in [-0.1, -0.05) is 5.57 Å². The molecule has 2 aliphatic carbocycles. The highest BCUT2D eigenvalue weighted by molar-refractivity contribution is 7.13. The van der Waals surface area contributed by atoms with Crippen molar-refractivity contribution in [2.75, 3.05) is 18.0 Å². The van der Waals surface area contributed by atoms with Crippen LogP contribution in [0.3, 0.4) is 0 Å². The molecule has 1 aliphatic heterocycles. The van der Waals surface area contributed by atoms with Crippen LogP contribution in [-0.2, 0) is 12.6 Å². The third-order valence-corrected chi connectivity index (χ3v) is 8.94. The molecule has 1 aromatic carbocycles. The van der Waals surface area contributed by atoms with E-state index in [4.69, 9.17) is 4.98 Å². The van der Waals surface area contributed by atoms with Crippen LogP contribution in [0.2, 0.25) is 0 Å². The zero-order valence-corrected chi connectivity index (χ0v) is 22.0. The summed E-state index contributed by atoms with van der Waals surface area (Å²) in [6.07, 6.45) is 3.08. The molecule has 0 radical (unpaired) electrons. The molecule has 2 fully saturated rings. The van der Waals surface area contributed by atoms with E-state index in [-0.39, 0.29) is 24.5 Å². The molecule has 40 heavy (non-hydrogen) atoms. The lowest BCUT2D eigenvalue weighted by molar-refractivity contribution is -0.137. The molecule has 6 nitrogen and oxygen atoms in total. The molecule has 1 unspecified atom stereocenters. The van der Waals surface area contributed by atoms with Crippen LogP contribution in [0, 0.1) is 11.2 Å². The molecule has 0 amide bonds. The van der Waals surface area contributed by atoms with Crippen molar-refractivity contribution in [3.8, 4) is 5.69 Å². The maximum absolute atomic E-state index is 14.3. The minimum atomic E-state index is -4.59. The molecule has 0 N–H and O–H groups in total. The molecule has 3 aliphatic rings. The molecule has 11 heteroatoms. The van der Waals surface area contributed by atoms with Crippen LogP contribution in [0.25, 0.3) is 11.8 Å². The second-order valence-electron chi connectivity index (χ2n) is 10.6. The maximum atomic E-state index is 14.3. The van der Waals surface area contributed by atoms with E-state index in [9.17, 15) is 22.4 Å². The standard InChI is InChI=1S/C29H23F4N5OS/c30-21-3-5-22(6-4-21)38-25-12-19-8-10-37(27-36-24(15-40-27)17-1-2-17)16-28(19,13-18(25)14-35-38)26(39)23-11-20(7-9-34-23)29(31,32)33/h3-7,9,11-12,14-15,17H,1-2,8,10,13,16H2. The molecule has 3 aromatic heterocycles. The Balaban J connectivity index is 1.31. The zero-order chi connectivity index (χ0) is 27.6. The van der Waals surface area contributed by atoms with Crippen molar-refractivity contribution in [3.63, 3.8) is 0 Å². The van der Waals surface area contributed by atoms with E-state index >= 15 is 0 Å². The molecule has 7 rings (SSSR count). The Morgan fingerprint density at radius 2 is 1.93 bits per heavy atom. The van der Waals surface area contributed by atoms with Crippen LogP contribution in [0.15, 0.2) is 59.7 Å². The van der Waals surface area contributed by atoms with Crippen molar-refractivity contribution in [3.05, 3.63) is 93.8 Å². The van der Waals surface area contributed by atoms with Crippen molar-refractivity contribution < 1.29 is 22.4 Å². The van der Waals surface area contributed by atoms with Gasteiger partial charge in [-0.15, -0.1) is 11.3 Å². The van der Waals surface area contributed by atoms with Gasteiger partial charge in [-0.05, 0) is 73.7 Å². The van der Waals surface area contributed by atoms with Crippen LogP contribution in [-0.4, -0.2) is 38.6 Å². The number of hydrogen-bond acceptors (Lipinski definition) is 6. The van der Waals surface area contributed by atoms with Gasteiger partial charge in [0.2, 0.25) is 0 Å². The van der Waals surface area contributed by atoms with Crippen molar-refractivity contribution in [2.45, 2.75) is 37.8 Å². The number of carbonyl (C=O) groups excluding carboxylic acids is 1. The number of benzene rings is 1. The van der Waals surface area contributed by atoms with Gasteiger partial charge < -0.3 is 4.90 Å². The first kappa shape index (κ1) is 25.1. The number of ketones is 1. The lowest BCUT2D eigenvalue weighted by Gasteiger charge is -2.45. The smallest absolute Gasteiger partial charge is 0.346 e. The topological polar surface area (TPSA) is 63.9 Å². The second kappa shape index (κ2) is 9.09. The molecule has 0 bridgehead atoms. The van der Waals surface area contributed by atoms with Gasteiger partial charge in [0.15, 0.2) is 10.9 Å². The first-order chi connectivity index (χ1) is 19.2. The van der Waals surface area contributed by atoms with Gasteiger partial charge in [-0.3, -0.25) is 9.78 Å². The molecule has 4 aromatic rings. The van der Waals surface area contributed by atoms with Crippen molar-refractivity contribution >= 4 is 28.3 Å². The summed E-state index contributed by atoms with van der Waals surface area (Å²) in [7, 11) is 0. The number of halogens is 4. The summed E-state index contributed by atoms with van der Waals surface area (Å²) in [5.41, 5.74) is 1.87. The predicted molar refractivity (Wildman–Crippen MR) is 142 cm³/mol. The van der Waals surface area contributed by atoms with Gasteiger partial charge in [-0.25, -0.2) is 14.1 Å². The lowest BCUT2D eigenvalue weighted by atomic mass is 9.65. The average Bonchev–Trinajstić information content (AvgIpc) is 3.54. The number of Topliss-reactive ketones (excluding diaryl/α,β-unsaturated/α-hetero) is 1. The molecule has 1 atom stereocenters. The minimum absolute atomic E-state index is 0.213. The van der Waals surface area contributed by atoms with E-state index in [1.165, 1.54) is 23.5 Å². The van der Waals surface area contributed by atoms with Crippen LogP contribution < -0.4 is 4.90 Å². The molecule has 0 spiro atoms. The SMILES string of the molecule is O=C(c1cc(C(F)(F)F)ccn1)C12Cc3cnn(-c4ccc(F)cc4)c3C=C1CCN(c1nc(C3CC3)cs1)C2. The quantitative estimate of drug-likeness (QED) is 0.205. The van der Waals surface area contributed by atoms with Crippen LogP contribution in [0.5, 0.6) is 0 Å². The molecule has 204 valence electrons. The molecule has 1 saturated heterocycles. The van der Waals surface area contributed by atoms with Gasteiger partial charge >= 0.3 is 6.18 Å². The number of rotatable bonds is 5. The minimum Gasteiger partial charge on any atom is -0.346 e. The number of thiazole rings is 1. The summed E-state index contributed by atoms with van der Waals surface area (Å²) >= 11 is 1.54. The van der Waals surface area contributed by atoms with E-state index in [0.29, 0.717) is 24.6 Å². The van der Waals surface area contributed by atoms with Gasteiger partial charge in [0.05, 0.1) is 34.3 Å². The van der Waals surface area contributed by atoms with Crippen LogP contribution >= 0.6 is 11.3 Å². The van der Waals surface area contributed by atoms with Crippen molar-refractivity contribution in [1.82, 2.24) is 19.7 Å². The largest absolute Gasteiger partial charge is 0.416 e. The Morgan fingerprint density at radius 1 is 1.12 bits per heavy atom. The summed E-state index contributed by atoms with van der Waals surface area (Å²) in [4.78, 5) is 25.3. The third kappa shape index (κ3) is 4.23. The summed E-state index contributed by atoms with van der Waals surface area (Å²) in [6.45, 7) is 0.892. The average molecular weight is 566 g/mol. The number of pyridine rings is 1. The second-order valence-corrected chi connectivity index (χ2v) is 11.5. The highest BCUT2D eigenvalue weighted by atomic mass is 32.1. The Kier molecular flexibility index (Phi) is 5.71. The normalized spacial score (nSPS) is 20.6. The fraction of sp³-hybridized carbons (Fsp3) is 0.310. The van der Waals surface area contributed by atoms with Gasteiger partial charge in [0.25, 0.3) is 0 Å². The number of nitrogens with zero attached hydrogens (tertiary/aromatic N) is 5. The van der Waals surface area contributed by atoms with Gasteiger partial charge in [-0.2, -0.15) is 18.3 Å². The van der Waals surface area contributed by atoms with Gasteiger partial charge in [0, 0.05) is 30.6 Å². The first-order valence-corrected chi connectivity index (χ1v) is 13.9. The van der Waals surface area contributed by atoms with E-state index in [1.54, 1.807) is 23.0 Å². The number of anilines is 1. The molecule has 1 saturated carbocycles. The Bertz CT molecular complexity index is 1650. The highest BCUT2D eigenvalue weighted by Crippen LogP contribution is 2.48. The Labute approximate surface area is 231 Å². The van der Waals surface area contributed by atoms with Crippen molar-refractivity contribution in [2.24, 2.45) is 5.41 Å². The highest BCUT2D eigenvalue weighted by Gasteiger charge is 2.50. The molecular formula is C29H23F4N5OS. The fourth-order valence-electron chi connectivity index (χ4n) is 5.77. The molecule has 4 heterocycles. The number of piperidine rings is 1. The van der Waals surface area contributed by atoms with Crippen molar-refractivity contribution in [1.29, 1.82) is 0 Å². The number of alkyl halides is 3. The predicted octanol–water partition coefficient (Wildman–Crippen LogP) is 6.48. The summed E-state index contributed by atoms with van der Waals surface area (Å²) < 4.78 is 55.9. The maximum Gasteiger partial charge on any atom is 0.416 e. The Hall–Kier alpha value is -3.86. The van der Waals surface area contributed by atoms with E-state index in [2.05, 4.69) is 20.4 Å². The zero-order valence-electron chi connectivity index (χ0n) is 21.2. The lowest BCUT2D eigenvalue weighted by Crippen LogP contribution is -2.52. The van der Waals surface area contributed by atoms with E-state index in [0.717, 1.165) is 58.8 Å². The summed E-state index contributed by atoms with van der Waals surface area (Å²) in [5, 5.41) is 7.40.